The molecule has 3 heterocycles. The van der Waals surface area contributed by atoms with E-state index in [9.17, 15) is 22.8 Å². The molecule has 2 N–H and O–H groups in total. The summed E-state index contributed by atoms with van der Waals surface area (Å²) in [6, 6.07) is 1.73. The Labute approximate surface area is 195 Å². The van der Waals surface area contributed by atoms with E-state index in [1.807, 2.05) is 16.4 Å². The molecule has 2 aliphatic heterocycles. The van der Waals surface area contributed by atoms with Crippen molar-refractivity contribution in [1.82, 2.24) is 9.47 Å². The summed E-state index contributed by atoms with van der Waals surface area (Å²) in [5, 5.41) is 0.821. The highest BCUT2D eigenvalue weighted by Crippen LogP contribution is 2.41. The second-order valence-corrected chi connectivity index (χ2v) is 9.29. The monoisotopic (exact) mass is 571 g/mol. The Kier molecular flexibility index (Phi) is 6.95. The molecule has 31 heavy (non-hydrogen) atoms. The Morgan fingerprint density at radius 3 is 2.48 bits per heavy atom. The quantitative estimate of drug-likeness (QED) is 0.417. The van der Waals surface area contributed by atoms with Crippen molar-refractivity contribution in [2.45, 2.75) is 32.0 Å². The number of pyridine rings is 1. The third-order valence-corrected chi connectivity index (χ3v) is 6.80. The van der Waals surface area contributed by atoms with Crippen molar-refractivity contribution in [3.05, 3.63) is 38.6 Å². The van der Waals surface area contributed by atoms with Crippen LogP contribution in [0.5, 0.6) is 0 Å². The lowest BCUT2D eigenvalue weighted by atomic mass is 9.94. The minimum absolute atomic E-state index is 0. The van der Waals surface area contributed by atoms with E-state index in [-0.39, 0.29) is 26.3 Å². The third kappa shape index (κ3) is 4.57. The van der Waals surface area contributed by atoms with Crippen LogP contribution >= 0.6 is 34.2 Å². The number of aromatic nitrogens is 1. The molecule has 170 valence electrons. The average molecular weight is 572 g/mol. The first-order valence-electron chi connectivity index (χ1n) is 9.71. The SMILES string of the molecule is CC1CCc2c(N3CCN(CC(F)(F)F)CC3)c(Cl)cc3c(=O)c(C(=O)I)cn1c23.O. The van der Waals surface area contributed by atoms with Crippen molar-refractivity contribution in [3.63, 3.8) is 0 Å². The van der Waals surface area contributed by atoms with Crippen LogP contribution in [0.4, 0.5) is 18.9 Å². The molecule has 0 spiro atoms. The molecule has 1 unspecified atom stereocenters. The fraction of sp³-hybridized carbons (Fsp3) is 0.500. The van der Waals surface area contributed by atoms with E-state index in [0.29, 0.717) is 43.0 Å². The van der Waals surface area contributed by atoms with Crippen LogP contribution < -0.4 is 10.3 Å². The normalized spacial score (nSPS) is 19.4. The number of alkyl halides is 3. The third-order valence-electron chi connectivity index (χ3n) is 5.93. The zero-order valence-corrected chi connectivity index (χ0v) is 19.6. The van der Waals surface area contributed by atoms with E-state index in [2.05, 4.69) is 0 Å². The Morgan fingerprint density at radius 2 is 1.90 bits per heavy atom. The van der Waals surface area contributed by atoms with E-state index >= 15 is 0 Å². The minimum Gasteiger partial charge on any atom is -0.412 e. The number of hydrogen-bond acceptors (Lipinski definition) is 4. The van der Waals surface area contributed by atoms with Crippen LogP contribution in [-0.4, -0.2) is 57.6 Å². The molecule has 0 amide bonds. The maximum absolute atomic E-state index is 12.9. The van der Waals surface area contributed by atoms with Crippen molar-refractivity contribution in [2.75, 3.05) is 37.6 Å². The summed E-state index contributed by atoms with van der Waals surface area (Å²) in [5.41, 5.74) is 2.30. The van der Waals surface area contributed by atoms with Gasteiger partial charge in [0.1, 0.15) is 0 Å². The molecule has 1 atom stereocenters. The number of benzene rings is 1. The lowest BCUT2D eigenvalue weighted by molar-refractivity contribution is -0.146. The van der Waals surface area contributed by atoms with Crippen LogP contribution in [0.25, 0.3) is 10.9 Å². The molecule has 0 bridgehead atoms. The van der Waals surface area contributed by atoms with Gasteiger partial charge in [0.25, 0.3) is 0 Å². The Balaban J connectivity index is 0.00000272. The van der Waals surface area contributed by atoms with Gasteiger partial charge in [-0.15, -0.1) is 0 Å². The highest BCUT2D eigenvalue weighted by atomic mass is 127. The molecular weight excluding hydrogens is 550 g/mol. The van der Waals surface area contributed by atoms with Crippen LogP contribution in [0, 0.1) is 0 Å². The number of carbonyl (C=O) groups is 1. The van der Waals surface area contributed by atoms with Crippen LogP contribution in [0.15, 0.2) is 17.1 Å². The van der Waals surface area contributed by atoms with Crippen molar-refractivity contribution >= 4 is 54.6 Å². The predicted molar refractivity (Wildman–Crippen MR) is 123 cm³/mol. The first-order valence-corrected chi connectivity index (χ1v) is 11.2. The summed E-state index contributed by atoms with van der Waals surface area (Å²) in [7, 11) is 0. The molecular formula is C20H22ClF3IN3O3. The van der Waals surface area contributed by atoms with Gasteiger partial charge in [0.2, 0.25) is 9.22 Å². The van der Waals surface area contributed by atoms with E-state index in [1.165, 1.54) is 4.90 Å². The summed E-state index contributed by atoms with van der Waals surface area (Å²) >= 11 is 8.23. The number of hydrogen-bond donors (Lipinski definition) is 0. The van der Waals surface area contributed by atoms with E-state index in [4.69, 9.17) is 11.6 Å². The Morgan fingerprint density at radius 1 is 1.26 bits per heavy atom. The largest absolute Gasteiger partial charge is 0.412 e. The van der Waals surface area contributed by atoms with Gasteiger partial charge < -0.3 is 14.9 Å². The molecule has 1 aromatic carbocycles. The molecule has 2 aromatic rings. The van der Waals surface area contributed by atoms with Crippen LogP contribution in [0.2, 0.25) is 5.02 Å². The van der Waals surface area contributed by atoms with Gasteiger partial charge in [-0.25, -0.2) is 0 Å². The molecule has 6 nitrogen and oxygen atoms in total. The van der Waals surface area contributed by atoms with Gasteiger partial charge in [0, 0.05) is 72.0 Å². The van der Waals surface area contributed by atoms with Gasteiger partial charge >= 0.3 is 6.18 Å². The lowest BCUT2D eigenvalue weighted by Gasteiger charge is -2.39. The van der Waals surface area contributed by atoms with E-state index in [0.717, 1.165) is 23.2 Å². The van der Waals surface area contributed by atoms with Crippen molar-refractivity contribution in [3.8, 4) is 0 Å². The van der Waals surface area contributed by atoms with Crippen LogP contribution in [0.1, 0.15) is 35.3 Å². The predicted octanol–water partition coefficient (Wildman–Crippen LogP) is 3.60. The first kappa shape index (κ1) is 24.3. The van der Waals surface area contributed by atoms with Crippen molar-refractivity contribution in [1.29, 1.82) is 0 Å². The van der Waals surface area contributed by atoms with Crippen molar-refractivity contribution < 1.29 is 23.4 Å². The molecule has 0 saturated carbocycles. The number of carbonyl (C=O) groups excluding carboxylic acids is 1. The van der Waals surface area contributed by atoms with Gasteiger partial charge in [-0.2, -0.15) is 13.2 Å². The Bertz CT molecular complexity index is 1080. The zero-order valence-electron chi connectivity index (χ0n) is 16.7. The molecule has 1 saturated heterocycles. The average Bonchev–Trinajstić information content (AvgIpc) is 2.65. The van der Waals surface area contributed by atoms with Gasteiger partial charge in [0.15, 0.2) is 0 Å². The van der Waals surface area contributed by atoms with E-state index < -0.39 is 12.7 Å². The number of nitrogens with zero attached hydrogens (tertiary/aromatic N) is 3. The number of aryl methyl sites for hydroxylation is 1. The summed E-state index contributed by atoms with van der Waals surface area (Å²) < 4.78 is 39.8. The zero-order chi connectivity index (χ0) is 21.8. The summed E-state index contributed by atoms with van der Waals surface area (Å²) in [6.07, 6.45) is -1.05. The van der Waals surface area contributed by atoms with E-state index in [1.54, 1.807) is 34.9 Å². The maximum atomic E-state index is 12.9. The topological polar surface area (TPSA) is 77.1 Å². The highest BCUT2D eigenvalue weighted by Gasteiger charge is 2.34. The molecule has 11 heteroatoms. The molecule has 0 radical (unpaired) electrons. The molecule has 1 fully saturated rings. The van der Waals surface area contributed by atoms with Gasteiger partial charge in [0.05, 0.1) is 28.3 Å². The van der Waals surface area contributed by atoms with Crippen LogP contribution in [-0.2, 0) is 6.42 Å². The molecule has 0 aliphatic carbocycles. The summed E-state index contributed by atoms with van der Waals surface area (Å²) in [4.78, 5) is 28.3. The lowest BCUT2D eigenvalue weighted by Crippen LogP contribution is -2.49. The first-order chi connectivity index (χ1) is 14.1. The minimum atomic E-state index is -4.21. The van der Waals surface area contributed by atoms with Gasteiger partial charge in [-0.1, -0.05) is 11.6 Å². The number of rotatable bonds is 3. The fourth-order valence-electron chi connectivity index (χ4n) is 4.50. The molecule has 4 rings (SSSR count). The molecule has 2 aliphatic rings. The number of anilines is 1. The van der Waals surface area contributed by atoms with Gasteiger partial charge in [-0.05, 0) is 25.8 Å². The standard InChI is InChI=1S/C20H20ClF3IN3O2.H2O/c1-11-2-3-12-16-13(18(29)14(19(25)30)9-28(11)16)8-15(21)17(12)27-6-4-26(5-7-27)10-20(22,23)24;/h8-9,11H,2-7,10H2,1H3;1H2. The second-order valence-electron chi connectivity index (χ2n) is 7.90. The fourth-order valence-corrected chi connectivity index (χ4v) is 5.23. The highest BCUT2D eigenvalue weighted by molar-refractivity contribution is 14.1. The second kappa shape index (κ2) is 8.87. The Hall–Kier alpha value is -1.37. The van der Waals surface area contributed by atoms with Crippen LogP contribution in [0.3, 0.4) is 0 Å². The smallest absolute Gasteiger partial charge is 0.401 e. The summed E-state index contributed by atoms with van der Waals surface area (Å²) in [6.45, 7) is 2.57. The molecule has 1 aromatic heterocycles. The maximum Gasteiger partial charge on any atom is 0.401 e. The number of piperazine rings is 1. The van der Waals surface area contributed by atoms with Gasteiger partial charge in [-0.3, -0.25) is 14.5 Å². The van der Waals surface area contributed by atoms with Crippen molar-refractivity contribution in [2.24, 2.45) is 0 Å². The number of halogens is 5. The summed E-state index contributed by atoms with van der Waals surface area (Å²) in [5.74, 6) is 0.